The number of thiazole rings is 1. The van der Waals surface area contributed by atoms with Gasteiger partial charge in [-0.2, -0.15) is 16.1 Å². The van der Waals surface area contributed by atoms with Crippen LogP contribution in [0.1, 0.15) is 6.42 Å². The topological polar surface area (TPSA) is 59.5 Å². The van der Waals surface area contributed by atoms with Crippen LogP contribution in [0.15, 0.2) is 10.4 Å². The minimum atomic E-state index is -3.52. The van der Waals surface area contributed by atoms with E-state index in [9.17, 15) is 8.42 Å². The van der Waals surface area contributed by atoms with Crippen LogP contribution in [0.5, 0.6) is 0 Å². The molecule has 1 atom stereocenters. The highest BCUT2D eigenvalue weighted by molar-refractivity contribution is 7.99. The van der Waals surface area contributed by atoms with Crippen LogP contribution in [0.3, 0.4) is 0 Å². The Labute approximate surface area is 126 Å². The average molecular weight is 343 g/mol. The number of methoxy groups -OCH3 is 1. The number of nitrogens with zero attached hydrogens (tertiary/aromatic N) is 2. The van der Waals surface area contributed by atoms with Crippen LogP contribution in [0.4, 0.5) is 0 Å². The lowest BCUT2D eigenvalue weighted by Gasteiger charge is -2.26. The lowest BCUT2D eigenvalue weighted by molar-refractivity contribution is 0.169. The zero-order valence-corrected chi connectivity index (χ0v) is 13.6. The Morgan fingerprint density at radius 2 is 2.42 bits per heavy atom. The van der Waals surface area contributed by atoms with Crippen LogP contribution in [-0.2, 0) is 14.8 Å². The number of sulfonamides is 1. The lowest BCUT2D eigenvalue weighted by atomic mass is 10.3. The quantitative estimate of drug-likeness (QED) is 0.790. The minimum absolute atomic E-state index is 0.0334. The number of aromatic nitrogens is 1. The number of ether oxygens (including phenoxy) is 1. The standard InChI is InChI=1S/C10H15ClN2O3S3/c1-16-4-3-13(8-2-5-17-7-8)19(14,15)9-6-12-10(11)18-9/h6,8H,2-5,7H2,1H3. The van der Waals surface area contributed by atoms with Crippen molar-refractivity contribution >= 4 is 44.7 Å². The first-order chi connectivity index (χ1) is 9.05. The summed E-state index contributed by atoms with van der Waals surface area (Å²) in [5.41, 5.74) is 0. The van der Waals surface area contributed by atoms with E-state index in [1.54, 1.807) is 18.9 Å². The number of thioether (sulfide) groups is 1. The average Bonchev–Trinajstić information content (AvgIpc) is 3.00. The predicted octanol–water partition coefficient (Wildman–Crippen LogP) is 1.94. The van der Waals surface area contributed by atoms with Crippen LogP contribution in [0.2, 0.25) is 4.47 Å². The van der Waals surface area contributed by atoms with Gasteiger partial charge in [0.15, 0.2) is 8.68 Å². The smallest absolute Gasteiger partial charge is 0.254 e. The van der Waals surface area contributed by atoms with E-state index in [0.717, 1.165) is 29.3 Å². The van der Waals surface area contributed by atoms with Gasteiger partial charge in [-0.05, 0) is 12.2 Å². The molecule has 0 aliphatic carbocycles. The number of hydrogen-bond acceptors (Lipinski definition) is 6. The molecule has 0 N–H and O–H groups in total. The van der Waals surface area contributed by atoms with Crippen molar-refractivity contribution in [1.82, 2.24) is 9.29 Å². The highest BCUT2D eigenvalue weighted by Gasteiger charge is 2.34. The van der Waals surface area contributed by atoms with Crippen LogP contribution >= 0.6 is 34.7 Å². The third kappa shape index (κ3) is 3.62. The monoisotopic (exact) mass is 342 g/mol. The van der Waals surface area contributed by atoms with Gasteiger partial charge in [-0.15, -0.1) is 0 Å². The Morgan fingerprint density at radius 3 is 2.95 bits per heavy atom. The second kappa shape index (κ2) is 6.73. The summed E-state index contributed by atoms with van der Waals surface area (Å²) in [6.07, 6.45) is 2.20. The summed E-state index contributed by atoms with van der Waals surface area (Å²) in [7, 11) is -1.96. The fourth-order valence-corrected chi connectivity index (χ4v) is 6.28. The molecule has 2 rings (SSSR count). The summed E-state index contributed by atoms with van der Waals surface area (Å²) in [5.74, 6) is 1.82. The van der Waals surface area contributed by atoms with Crippen molar-refractivity contribution in [1.29, 1.82) is 0 Å². The van der Waals surface area contributed by atoms with Crippen molar-refractivity contribution in [3.63, 3.8) is 0 Å². The summed E-state index contributed by atoms with van der Waals surface area (Å²) >= 11 is 8.50. The molecule has 5 nitrogen and oxygen atoms in total. The van der Waals surface area contributed by atoms with Crippen molar-refractivity contribution in [3.05, 3.63) is 10.7 Å². The van der Waals surface area contributed by atoms with Crippen molar-refractivity contribution in [2.24, 2.45) is 0 Å². The summed E-state index contributed by atoms with van der Waals surface area (Å²) in [6, 6.07) is 0.0334. The van der Waals surface area contributed by atoms with Gasteiger partial charge in [0.05, 0.1) is 12.8 Å². The highest BCUT2D eigenvalue weighted by atomic mass is 35.5. The molecular weight excluding hydrogens is 328 g/mol. The van der Waals surface area contributed by atoms with E-state index in [1.165, 1.54) is 10.5 Å². The molecule has 0 spiro atoms. The summed E-state index contributed by atoms with van der Waals surface area (Å²) < 4.78 is 32.2. The van der Waals surface area contributed by atoms with Gasteiger partial charge in [0, 0.05) is 25.4 Å². The fraction of sp³-hybridized carbons (Fsp3) is 0.700. The largest absolute Gasteiger partial charge is 0.383 e. The van der Waals surface area contributed by atoms with Gasteiger partial charge in [-0.1, -0.05) is 22.9 Å². The Balaban J connectivity index is 2.25. The molecule has 0 saturated carbocycles. The second-order valence-electron chi connectivity index (χ2n) is 4.06. The van der Waals surface area contributed by atoms with Gasteiger partial charge in [0.2, 0.25) is 0 Å². The van der Waals surface area contributed by atoms with Crippen LogP contribution < -0.4 is 0 Å². The molecule has 0 bridgehead atoms. The molecule has 2 heterocycles. The number of rotatable bonds is 6. The van der Waals surface area contributed by atoms with Crippen molar-refractivity contribution in [2.45, 2.75) is 16.7 Å². The first-order valence-corrected chi connectivity index (χ1v) is 9.54. The summed E-state index contributed by atoms with van der Waals surface area (Å²) in [5, 5.41) is 0. The maximum absolute atomic E-state index is 12.6. The third-order valence-electron chi connectivity index (χ3n) is 2.85. The van der Waals surface area contributed by atoms with Crippen molar-refractivity contribution < 1.29 is 13.2 Å². The summed E-state index contributed by atoms with van der Waals surface area (Å²) in [4.78, 5) is 3.81. The number of hydrogen-bond donors (Lipinski definition) is 0. The van der Waals surface area contributed by atoms with Crippen LogP contribution in [0, 0.1) is 0 Å². The van der Waals surface area contributed by atoms with Crippen LogP contribution in [0.25, 0.3) is 0 Å². The van der Waals surface area contributed by atoms with Gasteiger partial charge < -0.3 is 4.74 Å². The Morgan fingerprint density at radius 1 is 1.63 bits per heavy atom. The van der Waals surface area contributed by atoms with E-state index in [4.69, 9.17) is 16.3 Å². The van der Waals surface area contributed by atoms with Gasteiger partial charge in [-0.25, -0.2) is 13.4 Å². The zero-order valence-electron chi connectivity index (χ0n) is 10.4. The maximum atomic E-state index is 12.6. The molecular formula is C10H15ClN2O3S3. The maximum Gasteiger partial charge on any atom is 0.254 e. The Bertz CT molecular complexity index is 514. The van der Waals surface area contributed by atoms with Gasteiger partial charge in [-0.3, -0.25) is 0 Å². The minimum Gasteiger partial charge on any atom is -0.383 e. The molecule has 1 aromatic heterocycles. The van der Waals surface area contributed by atoms with Crippen molar-refractivity contribution in [2.75, 3.05) is 31.8 Å². The van der Waals surface area contributed by atoms with E-state index < -0.39 is 10.0 Å². The Kier molecular flexibility index (Phi) is 5.50. The van der Waals surface area contributed by atoms with Gasteiger partial charge in [0.25, 0.3) is 10.0 Å². The fourth-order valence-electron chi connectivity index (χ4n) is 1.90. The van der Waals surface area contributed by atoms with Crippen LogP contribution in [-0.4, -0.2) is 55.5 Å². The molecule has 108 valence electrons. The molecule has 1 aliphatic rings. The first kappa shape index (κ1) is 15.5. The van der Waals surface area contributed by atoms with Crippen molar-refractivity contribution in [3.8, 4) is 0 Å². The van der Waals surface area contributed by atoms with E-state index in [-0.39, 0.29) is 14.7 Å². The molecule has 1 fully saturated rings. The van der Waals surface area contributed by atoms with E-state index in [0.29, 0.717) is 13.2 Å². The molecule has 9 heteroatoms. The molecule has 1 aromatic rings. The SMILES string of the molecule is COCCN(C1CCSC1)S(=O)(=O)c1cnc(Cl)s1. The molecule has 1 saturated heterocycles. The normalized spacial score (nSPS) is 20.3. The van der Waals surface area contributed by atoms with Gasteiger partial charge in [0.1, 0.15) is 0 Å². The number of halogens is 1. The van der Waals surface area contributed by atoms with E-state index in [2.05, 4.69) is 4.98 Å². The third-order valence-corrected chi connectivity index (χ3v) is 7.50. The first-order valence-electron chi connectivity index (χ1n) is 5.75. The molecule has 0 amide bonds. The Hall–Kier alpha value is 0.140. The molecule has 1 unspecified atom stereocenters. The van der Waals surface area contributed by atoms with Gasteiger partial charge >= 0.3 is 0 Å². The highest BCUT2D eigenvalue weighted by Crippen LogP contribution is 2.30. The lowest BCUT2D eigenvalue weighted by Crippen LogP contribution is -2.42. The molecule has 19 heavy (non-hydrogen) atoms. The molecule has 0 radical (unpaired) electrons. The van der Waals surface area contributed by atoms with E-state index >= 15 is 0 Å². The predicted molar refractivity (Wildman–Crippen MR) is 78.6 cm³/mol. The molecule has 0 aromatic carbocycles. The van der Waals surface area contributed by atoms with E-state index in [1.807, 2.05) is 0 Å². The zero-order chi connectivity index (χ0) is 13.9. The summed E-state index contributed by atoms with van der Waals surface area (Å²) in [6.45, 7) is 0.743. The molecule has 1 aliphatic heterocycles. The second-order valence-corrected chi connectivity index (χ2v) is 8.94.